The van der Waals surface area contributed by atoms with E-state index in [1.54, 1.807) is 18.0 Å². The maximum Gasteiger partial charge on any atom is 0.258 e. The SMILES string of the molecule is Cc1oc(C#N)cc1C(=O)N(Cc1ccccn1)C(C)(C)C. The number of furan rings is 1. The molecule has 0 saturated heterocycles. The number of amides is 1. The molecule has 0 aliphatic rings. The lowest BCUT2D eigenvalue weighted by Gasteiger charge is -2.35. The molecule has 0 unspecified atom stereocenters. The summed E-state index contributed by atoms with van der Waals surface area (Å²) in [5.74, 6) is 0.435. The molecule has 22 heavy (non-hydrogen) atoms. The second kappa shape index (κ2) is 6.02. The Kier molecular flexibility index (Phi) is 4.32. The van der Waals surface area contributed by atoms with Gasteiger partial charge in [-0.15, -0.1) is 0 Å². The molecular weight excluding hydrogens is 278 g/mol. The molecule has 0 radical (unpaired) electrons. The van der Waals surface area contributed by atoms with Crippen LogP contribution in [0.5, 0.6) is 0 Å². The quantitative estimate of drug-likeness (QED) is 0.871. The van der Waals surface area contributed by atoms with Gasteiger partial charge in [0.05, 0.1) is 17.8 Å². The summed E-state index contributed by atoms with van der Waals surface area (Å²) in [6.07, 6.45) is 1.71. The molecule has 2 heterocycles. The number of carbonyl (C=O) groups excluding carboxylic acids is 1. The summed E-state index contributed by atoms with van der Waals surface area (Å²) < 4.78 is 5.27. The molecule has 0 fully saturated rings. The van der Waals surface area contributed by atoms with Gasteiger partial charge < -0.3 is 9.32 Å². The molecule has 0 bridgehead atoms. The fourth-order valence-corrected chi connectivity index (χ4v) is 2.16. The summed E-state index contributed by atoms with van der Waals surface area (Å²) >= 11 is 0. The molecule has 5 heteroatoms. The van der Waals surface area contributed by atoms with E-state index in [2.05, 4.69) is 4.98 Å². The molecule has 1 amide bonds. The Morgan fingerprint density at radius 3 is 2.64 bits per heavy atom. The van der Waals surface area contributed by atoms with Crippen LogP contribution in [0.2, 0.25) is 0 Å². The summed E-state index contributed by atoms with van der Waals surface area (Å²) in [6, 6.07) is 9.03. The van der Waals surface area contributed by atoms with E-state index in [4.69, 9.17) is 9.68 Å². The summed E-state index contributed by atoms with van der Waals surface area (Å²) in [4.78, 5) is 18.9. The van der Waals surface area contributed by atoms with Crippen LogP contribution in [-0.2, 0) is 6.54 Å². The molecule has 0 aliphatic heterocycles. The number of carbonyl (C=O) groups is 1. The number of aryl methyl sites for hydroxylation is 1. The maximum atomic E-state index is 12.9. The highest BCUT2D eigenvalue weighted by Gasteiger charge is 2.30. The Morgan fingerprint density at radius 2 is 2.14 bits per heavy atom. The van der Waals surface area contributed by atoms with E-state index in [0.717, 1.165) is 5.69 Å². The van der Waals surface area contributed by atoms with Gasteiger partial charge in [0.15, 0.2) is 0 Å². The molecule has 0 aromatic carbocycles. The Balaban J connectivity index is 2.35. The number of nitrogens with zero attached hydrogens (tertiary/aromatic N) is 3. The van der Waals surface area contributed by atoms with Crippen molar-refractivity contribution in [2.45, 2.75) is 39.8 Å². The summed E-state index contributed by atoms with van der Waals surface area (Å²) in [5, 5.41) is 8.91. The Hall–Kier alpha value is -2.61. The van der Waals surface area contributed by atoms with E-state index in [1.165, 1.54) is 6.07 Å². The van der Waals surface area contributed by atoms with Crippen molar-refractivity contribution in [2.24, 2.45) is 0 Å². The van der Waals surface area contributed by atoms with Gasteiger partial charge in [0.25, 0.3) is 5.91 Å². The number of nitriles is 1. The molecule has 0 atom stereocenters. The fourth-order valence-electron chi connectivity index (χ4n) is 2.16. The van der Waals surface area contributed by atoms with Crippen LogP contribution in [0.3, 0.4) is 0 Å². The van der Waals surface area contributed by atoms with Gasteiger partial charge in [0.1, 0.15) is 11.8 Å². The van der Waals surface area contributed by atoms with Crippen LogP contribution in [0.25, 0.3) is 0 Å². The minimum atomic E-state index is -0.384. The first-order valence-electron chi connectivity index (χ1n) is 7.05. The third-order valence-electron chi connectivity index (χ3n) is 3.36. The van der Waals surface area contributed by atoms with Crippen molar-refractivity contribution >= 4 is 5.91 Å². The van der Waals surface area contributed by atoms with Gasteiger partial charge >= 0.3 is 0 Å². The van der Waals surface area contributed by atoms with Gasteiger partial charge in [-0.2, -0.15) is 5.26 Å². The molecule has 0 saturated carbocycles. The van der Waals surface area contributed by atoms with E-state index >= 15 is 0 Å². The van der Waals surface area contributed by atoms with E-state index < -0.39 is 0 Å². The molecule has 2 rings (SSSR count). The van der Waals surface area contributed by atoms with Crippen LogP contribution in [-0.4, -0.2) is 21.3 Å². The standard InChI is InChI=1S/C17H19N3O2/c1-12-15(9-14(10-18)22-12)16(21)20(17(2,3)4)11-13-7-5-6-8-19-13/h5-9H,11H2,1-4H3. The highest BCUT2D eigenvalue weighted by Crippen LogP contribution is 2.23. The van der Waals surface area contributed by atoms with Gasteiger partial charge in [-0.25, -0.2) is 0 Å². The zero-order valence-electron chi connectivity index (χ0n) is 13.3. The number of hydrogen-bond acceptors (Lipinski definition) is 4. The van der Waals surface area contributed by atoms with Gasteiger partial charge in [0.2, 0.25) is 5.76 Å². The Morgan fingerprint density at radius 1 is 1.41 bits per heavy atom. The first-order chi connectivity index (χ1) is 10.3. The summed E-state index contributed by atoms with van der Waals surface area (Å²) in [5.41, 5.74) is 0.848. The van der Waals surface area contributed by atoms with Crippen molar-refractivity contribution in [3.8, 4) is 6.07 Å². The van der Waals surface area contributed by atoms with Gasteiger partial charge in [-0.1, -0.05) is 6.07 Å². The lowest BCUT2D eigenvalue weighted by molar-refractivity contribution is 0.0553. The van der Waals surface area contributed by atoms with Crippen LogP contribution in [0.15, 0.2) is 34.9 Å². The average molecular weight is 297 g/mol. The third-order valence-corrected chi connectivity index (χ3v) is 3.36. The maximum absolute atomic E-state index is 12.9. The van der Waals surface area contributed by atoms with E-state index in [-0.39, 0.29) is 17.2 Å². The number of rotatable bonds is 3. The number of aromatic nitrogens is 1. The Bertz CT molecular complexity index is 706. The minimum Gasteiger partial charge on any atom is -0.450 e. The molecule has 114 valence electrons. The van der Waals surface area contributed by atoms with Crippen molar-refractivity contribution < 1.29 is 9.21 Å². The molecule has 2 aromatic heterocycles. The van der Waals surface area contributed by atoms with Crippen LogP contribution in [0.1, 0.15) is 48.3 Å². The molecule has 0 N–H and O–H groups in total. The largest absolute Gasteiger partial charge is 0.450 e. The van der Waals surface area contributed by atoms with Crippen LogP contribution in [0.4, 0.5) is 0 Å². The molecule has 0 aliphatic carbocycles. The first kappa shape index (κ1) is 15.8. The lowest BCUT2D eigenvalue weighted by atomic mass is 10.0. The highest BCUT2D eigenvalue weighted by atomic mass is 16.3. The van der Waals surface area contributed by atoms with E-state index in [0.29, 0.717) is 17.9 Å². The van der Waals surface area contributed by atoms with Crippen LogP contribution >= 0.6 is 0 Å². The van der Waals surface area contributed by atoms with Gasteiger partial charge in [-0.3, -0.25) is 9.78 Å². The normalized spacial score (nSPS) is 11.0. The number of hydrogen-bond donors (Lipinski definition) is 0. The summed E-state index contributed by atoms with van der Waals surface area (Å²) in [7, 11) is 0. The smallest absolute Gasteiger partial charge is 0.258 e. The van der Waals surface area contributed by atoms with Crippen molar-refractivity contribution in [1.29, 1.82) is 5.26 Å². The second-order valence-electron chi connectivity index (χ2n) is 6.08. The van der Waals surface area contributed by atoms with E-state index in [1.807, 2.05) is 45.0 Å². The summed E-state index contributed by atoms with van der Waals surface area (Å²) in [6.45, 7) is 7.99. The molecular formula is C17H19N3O2. The van der Waals surface area contributed by atoms with Crippen LogP contribution in [0, 0.1) is 18.3 Å². The third kappa shape index (κ3) is 3.34. The van der Waals surface area contributed by atoms with Crippen molar-refractivity contribution in [3.63, 3.8) is 0 Å². The van der Waals surface area contributed by atoms with Crippen molar-refractivity contribution in [3.05, 3.63) is 53.2 Å². The topological polar surface area (TPSA) is 70.1 Å². The Labute approximate surface area is 130 Å². The van der Waals surface area contributed by atoms with Crippen LogP contribution < -0.4 is 0 Å². The molecule has 0 spiro atoms. The lowest BCUT2D eigenvalue weighted by Crippen LogP contribution is -2.45. The second-order valence-corrected chi connectivity index (χ2v) is 6.08. The minimum absolute atomic E-state index is 0.146. The van der Waals surface area contributed by atoms with Crippen molar-refractivity contribution in [1.82, 2.24) is 9.88 Å². The highest BCUT2D eigenvalue weighted by molar-refractivity contribution is 5.95. The number of pyridine rings is 1. The fraction of sp³-hybridized carbons (Fsp3) is 0.353. The predicted molar refractivity (Wildman–Crippen MR) is 82.0 cm³/mol. The van der Waals surface area contributed by atoms with Gasteiger partial charge in [-0.05, 0) is 39.8 Å². The first-order valence-corrected chi connectivity index (χ1v) is 7.05. The molecule has 5 nitrogen and oxygen atoms in total. The average Bonchev–Trinajstić information content (AvgIpc) is 2.85. The zero-order valence-corrected chi connectivity index (χ0v) is 13.3. The predicted octanol–water partition coefficient (Wildman–Crippen LogP) is 3.30. The molecule has 2 aromatic rings. The van der Waals surface area contributed by atoms with Crippen molar-refractivity contribution in [2.75, 3.05) is 0 Å². The van der Waals surface area contributed by atoms with Gasteiger partial charge in [0, 0.05) is 17.8 Å². The van der Waals surface area contributed by atoms with E-state index in [9.17, 15) is 4.79 Å². The zero-order chi connectivity index (χ0) is 16.3. The monoisotopic (exact) mass is 297 g/mol.